The summed E-state index contributed by atoms with van der Waals surface area (Å²) >= 11 is 0. The van der Waals surface area contributed by atoms with Gasteiger partial charge in [0.05, 0.1) is 17.8 Å². The number of anilines is 1. The summed E-state index contributed by atoms with van der Waals surface area (Å²) in [5, 5.41) is 10.5. The molecule has 18 heavy (non-hydrogen) atoms. The zero-order chi connectivity index (χ0) is 13.2. The van der Waals surface area contributed by atoms with Crippen molar-refractivity contribution in [2.24, 2.45) is 0 Å². The molecular weight excluding hydrogens is 228 g/mol. The van der Waals surface area contributed by atoms with Gasteiger partial charge in [0.2, 0.25) is 5.91 Å². The zero-order valence-electron chi connectivity index (χ0n) is 11.4. The molecule has 0 aromatic carbocycles. The number of hydrogen-bond donors (Lipinski definition) is 2. The zero-order valence-corrected chi connectivity index (χ0v) is 11.4. The Labute approximate surface area is 108 Å². The first-order valence-corrected chi connectivity index (χ1v) is 6.57. The first-order chi connectivity index (χ1) is 8.48. The average molecular weight is 250 g/mol. The van der Waals surface area contributed by atoms with Crippen molar-refractivity contribution < 1.29 is 4.79 Å². The molecule has 0 aliphatic carbocycles. The number of carbonyl (C=O) groups is 1. The van der Waals surface area contributed by atoms with E-state index in [9.17, 15) is 4.79 Å². The summed E-state index contributed by atoms with van der Waals surface area (Å²) in [6.07, 6.45) is 4.90. The molecule has 0 saturated carbocycles. The van der Waals surface area contributed by atoms with Crippen LogP contribution in [0.15, 0.2) is 12.3 Å². The molecular formula is C13H22N4O. The van der Waals surface area contributed by atoms with Gasteiger partial charge < -0.3 is 10.6 Å². The van der Waals surface area contributed by atoms with Crippen molar-refractivity contribution in [1.82, 2.24) is 15.1 Å². The number of amides is 1. The van der Waals surface area contributed by atoms with Crippen molar-refractivity contribution in [3.8, 4) is 0 Å². The lowest BCUT2D eigenvalue weighted by molar-refractivity contribution is -0.118. The highest BCUT2D eigenvalue weighted by molar-refractivity contribution is 5.94. The van der Waals surface area contributed by atoms with Gasteiger partial charge in [0.25, 0.3) is 0 Å². The minimum atomic E-state index is -0.133. The highest BCUT2D eigenvalue weighted by Gasteiger charge is 2.23. The fourth-order valence-electron chi connectivity index (χ4n) is 2.22. The average Bonchev–Trinajstić information content (AvgIpc) is 2.78. The molecule has 0 unspecified atom stereocenters. The maximum absolute atomic E-state index is 12.1. The van der Waals surface area contributed by atoms with E-state index in [-0.39, 0.29) is 17.5 Å². The molecule has 1 saturated heterocycles. The predicted octanol–water partition coefficient (Wildman–Crippen LogP) is 1.72. The summed E-state index contributed by atoms with van der Waals surface area (Å²) in [6.45, 7) is 7.12. The minimum absolute atomic E-state index is 0.0423. The SMILES string of the molecule is CC(C)(C)n1nccc1NC(=O)[C@H]1CCCCN1. The molecule has 1 atom stereocenters. The Morgan fingerprint density at radius 3 is 2.89 bits per heavy atom. The van der Waals surface area contributed by atoms with Gasteiger partial charge in [-0.05, 0) is 40.2 Å². The van der Waals surface area contributed by atoms with Crippen LogP contribution in [0, 0.1) is 0 Å². The topological polar surface area (TPSA) is 59.0 Å². The largest absolute Gasteiger partial charge is 0.310 e. The molecule has 2 heterocycles. The van der Waals surface area contributed by atoms with Crippen LogP contribution < -0.4 is 10.6 Å². The van der Waals surface area contributed by atoms with E-state index in [0.717, 1.165) is 31.6 Å². The Balaban J connectivity index is 2.05. The number of nitrogens with one attached hydrogen (secondary N) is 2. The van der Waals surface area contributed by atoms with E-state index in [1.165, 1.54) is 0 Å². The summed E-state index contributed by atoms with van der Waals surface area (Å²) in [7, 11) is 0. The van der Waals surface area contributed by atoms with E-state index in [1.54, 1.807) is 6.20 Å². The highest BCUT2D eigenvalue weighted by Crippen LogP contribution is 2.19. The van der Waals surface area contributed by atoms with Gasteiger partial charge in [0, 0.05) is 6.07 Å². The third kappa shape index (κ3) is 2.90. The highest BCUT2D eigenvalue weighted by atomic mass is 16.2. The lowest BCUT2D eigenvalue weighted by Gasteiger charge is -2.25. The maximum atomic E-state index is 12.1. The number of piperidine rings is 1. The Kier molecular flexibility index (Phi) is 3.71. The molecule has 5 heteroatoms. The molecule has 1 aromatic heterocycles. The molecule has 1 aliphatic heterocycles. The maximum Gasteiger partial charge on any atom is 0.242 e. The molecule has 1 amide bonds. The van der Waals surface area contributed by atoms with E-state index in [2.05, 4.69) is 36.5 Å². The fourth-order valence-corrected chi connectivity index (χ4v) is 2.22. The summed E-state index contributed by atoms with van der Waals surface area (Å²) in [6, 6.07) is 1.77. The first-order valence-electron chi connectivity index (χ1n) is 6.57. The Morgan fingerprint density at radius 1 is 1.50 bits per heavy atom. The third-order valence-electron chi connectivity index (χ3n) is 3.16. The summed E-state index contributed by atoms with van der Waals surface area (Å²) in [5.41, 5.74) is -0.133. The quantitative estimate of drug-likeness (QED) is 0.840. The van der Waals surface area contributed by atoms with Crippen molar-refractivity contribution >= 4 is 11.7 Å². The van der Waals surface area contributed by atoms with Gasteiger partial charge in [0.15, 0.2) is 0 Å². The van der Waals surface area contributed by atoms with E-state index in [0.29, 0.717) is 0 Å². The molecule has 1 aromatic rings. The van der Waals surface area contributed by atoms with E-state index < -0.39 is 0 Å². The van der Waals surface area contributed by atoms with Crippen LogP contribution in [0.1, 0.15) is 40.0 Å². The molecule has 5 nitrogen and oxygen atoms in total. The molecule has 1 aliphatic rings. The van der Waals surface area contributed by atoms with Crippen LogP contribution in [0.25, 0.3) is 0 Å². The fraction of sp³-hybridized carbons (Fsp3) is 0.692. The predicted molar refractivity (Wildman–Crippen MR) is 71.5 cm³/mol. The minimum Gasteiger partial charge on any atom is -0.310 e. The van der Waals surface area contributed by atoms with Gasteiger partial charge in [-0.3, -0.25) is 4.79 Å². The smallest absolute Gasteiger partial charge is 0.242 e. The van der Waals surface area contributed by atoms with Crippen molar-refractivity contribution in [3.63, 3.8) is 0 Å². The first kappa shape index (κ1) is 13.1. The normalized spacial score (nSPS) is 20.7. The molecule has 0 bridgehead atoms. The van der Waals surface area contributed by atoms with Crippen LogP contribution in [0.5, 0.6) is 0 Å². The number of carbonyl (C=O) groups excluding carboxylic acids is 1. The Morgan fingerprint density at radius 2 is 2.28 bits per heavy atom. The lowest BCUT2D eigenvalue weighted by atomic mass is 10.0. The molecule has 0 radical (unpaired) electrons. The third-order valence-corrected chi connectivity index (χ3v) is 3.16. The van der Waals surface area contributed by atoms with Gasteiger partial charge in [-0.2, -0.15) is 5.10 Å². The van der Waals surface area contributed by atoms with E-state index in [1.807, 2.05) is 10.7 Å². The van der Waals surface area contributed by atoms with Crippen molar-refractivity contribution in [3.05, 3.63) is 12.3 Å². The van der Waals surface area contributed by atoms with Crippen LogP contribution >= 0.6 is 0 Å². The van der Waals surface area contributed by atoms with Crippen molar-refractivity contribution in [1.29, 1.82) is 0 Å². The van der Waals surface area contributed by atoms with Crippen molar-refractivity contribution in [2.75, 3.05) is 11.9 Å². The second-order valence-corrected chi connectivity index (χ2v) is 5.79. The van der Waals surface area contributed by atoms with Crippen molar-refractivity contribution in [2.45, 2.75) is 51.6 Å². The lowest BCUT2D eigenvalue weighted by Crippen LogP contribution is -2.44. The van der Waals surface area contributed by atoms with Crippen LogP contribution in [0.4, 0.5) is 5.82 Å². The van der Waals surface area contributed by atoms with E-state index in [4.69, 9.17) is 0 Å². The van der Waals surface area contributed by atoms with Gasteiger partial charge >= 0.3 is 0 Å². The van der Waals surface area contributed by atoms with Gasteiger partial charge in [-0.15, -0.1) is 0 Å². The number of rotatable bonds is 2. The van der Waals surface area contributed by atoms with Gasteiger partial charge in [-0.1, -0.05) is 6.42 Å². The van der Waals surface area contributed by atoms with Gasteiger partial charge in [0.1, 0.15) is 5.82 Å². The number of nitrogens with zero attached hydrogens (tertiary/aromatic N) is 2. The second-order valence-electron chi connectivity index (χ2n) is 5.79. The summed E-state index contributed by atoms with van der Waals surface area (Å²) in [5.74, 6) is 0.806. The van der Waals surface area contributed by atoms with Crippen LogP contribution in [-0.4, -0.2) is 28.3 Å². The number of hydrogen-bond acceptors (Lipinski definition) is 3. The Hall–Kier alpha value is -1.36. The van der Waals surface area contributed by atoms with E-state index >= 15 is 0 Å². The van der Waals surface area contributed by atoms with Crippen LogP contribution in [0.2, 0.25) is 0 Å². The molecule has 100 valence electrons. The summed E-state index contributed by atoms with van der Waals surface area (Å²) < 4.78 is 1.84. The standard InChI is InChI=1S/C13H22N4O/c1-13(2,3)17-11(7-9-15-17)16-12(18)10-6-4-5-8-14-10/h7,9-10,14H,4-6,8H2,1-3H3,(H,16,18)/t10-/m1/s1. The number of aromatic nitrogens is 2. The molecule has 2 rings (SSSR count). The molecule has 0 spiro atoms. The second kappa shape index (κ2) is 5.10. The molecule has 2 N–H and O–H groups in total. The van der Waals surface area contributed by atoms with Gasteiger partial charge in [-0.25, -0.2) is 4.68 Å². The van der Waals surface area contributed by atoms with Crippen LogP contribution in [-0.2, 0) is 10.3 Å². The monoisotopic (exact) mass is 250 g/mol. The summed E-state index contributed by atoms with van der Waals surface area (Å²) in [4.78, 5) is 12.1. The molecule has 1 fully saturated rings. The Bertz CT molecular complexity index is 413. The van der Waals surface area contributed by atoms with Crippen LogP contribution in [0.3, 0.4) is 0 Å².